The normalized spacial score (nSPS) is 11.0. The number of hydrogen-bond acceptors (Lipinski definition) is 7. The third-order valence-corrected chi connectivity index (χ3v) is 5.81. The largest absolute Gasteiger partial charge is 0.478 e. The van der Waals surface area contributed by atoms with Gasteiger partial charge in [0.25, 0.3) is 0 Å². The molecule has 8 nitrogen and oxygen atoms in total. The van der Waals surface area contributed by atoms with Gasteiger partial charge >= 0.3 is 11.9 Å². The summed E-state index contributed by atoms with van der Waals surface area (Å²) in [6, 6.07) is 21.9. The van der Waals surface area contributed by atoms with Crippen molar-refractivity contribution in [1.29, 1.82) is 0 Å². The molecular formula is C27H20N2O6. The van der Waals surface area contributed by atoms with Crippen LogP contribution in [0, 0.1) is 0 Å². The number of rotatable bonds is 2. The van der Waals surface area contributed by atoms with Crippen molar-refractivity contribution < 1.29 is 28.3 Å². The van der Waals surface area contributed by atoms with Crippen LogP contribution in [0.2, 0.25) is 0 Å². The Morgan fingerprint density at radius 3 is 1.63 bits per heavy atom. The average molecular weight is 468 g/mol. The van der Waals surface area contributed by atoms with Crippen molar-refractivity contribution in [3.63, 3.8) is 0 Å². The molecule has 35 heavy (non-hydrogen) atoms. The van der Waals surface area contributed by atoms with Crippen LogP contribution in [0.4, 0.5) is 11.4 Å². The molecule has 5 N–H and O–H groups in total. The smallest absolute Gasteiger partial charge is 0.340 e. The predicted octanol–water partition coefficient (Wildman–Crippen LogP) is 5.82. The molecular weight excluding hydrogens is 448 g/mol. The van der Waals surface area contributed by atoms with Gasteiger partial charge in [0.1, 0.15) is 11.2 Å². The minimum Gasteiger partial charge on any atom is -0.478 e. The first-order valence-electron chi connectivity index (χ1n) is 10.6. The highest BCUT2D eigenvalue weighted by atomic mass is 16.5. The van der Waals surface area contributed by atoms with Crippen molar-refractivity contribution >= 4 is 67.2 Å². The van der Waals surface area contributed by atoms with Gasteiger partial charge in [0.15, 0.2) is 11.2 Å². The second-order valence-electron chi connectivity index (χ2n) is 7.80. The molecule has 0 aliphatic carbocycles. The van der Waals surface area contributed by atoms with Crippen LogP contribution in [0.1, 0.15) is 20.7 Å². The first kappa shape index (κ1) is 21.8. The van der Waals surface area contributed by atoms with E-state index in [0.717, 1.165) is 27.1 Å². The van der Waals surface area contributed by atoms with Gasteiger partial charge in [0.05, 0.1) is 29.6 Å². The van der Waals surface area contributed by atoms with Crippen molar-refractivity contribution in [1.82, 2.24) is 0 Å². The molecule has 0 amide bonds. The molecule has 0 fully saturated rings. The molecule has 0 saturated carbocycles. The number of benzene rings is 4. The Bertz CT molecular complexity index is 1760. The number of carbonyl (C=O) groups excluding carboxylic acids is 1. The quantitative estimate of drug-likeness (QED) is 0.213. The number of furan rings is 2. The molecule has 0 atom stereocenters. The second kappa shape index (κ2) is 8.42. The van der Waals surface area contributed by atoms with Gasteiger partial charge < -0.3 is 30.1 Å². The van der Waals surface area contributed by atoms with Crippen LogP contribution in [0.15, 0.2) is 81.6 Å². The third kappa shape index (κ3) is 3.57. The van der Waals surface area contributed by atoms with E-state index in [-0.39, 0.29) is 11.3 Å². The van der Waals surface area contributed by atoms with Crippen LogP contribution in [0.5, 0.6) is 0 Å². The zero-order valence-electron chi connectivity index (χ0n) is 18.6. The summed E-state index contributed by atoms with van der Waals surface area (Å²) in [6.07, 6.45) is 0. The summed E-state index contributed by atoms with van der Waals surface area (Å²) in [5.41, 5.74) is 15.1. The van der Waals surface area contributed by atoms with Crippen molar-refractivity contribution in [3.8, 4) is 0 Å². The molecule has 0 bridgehead atoms. The maximum absolute atomic E-state index is 11.5. The number of methoxy groups -OCH3 is 1. The molecule has 174 valence electrons. The fraction of sp³-hybridized carbons (Fsp3) is 0.0370. The van der Waals surface area contributed by atoms with E-state index in [1.807, 2.05) is 54.6 Å². The first-order chi connectivity index (χ1) is 16.9. The zero-order valence-corrected chi connectivity index (χ0v) is 18.6. The number of nitrogen functional groups attached to an aromatic ring is 2. The molecule has 6 rings (SSSR count). The van der Waals surface area contributed by atoms with E-state index >= 15 is 0 Å². The number of ether oxygens (including phenoxy) is 1. The van der Waals surface area contributed by atoms with Gasteiger partial charge in [-0.05, 0) is 36.4 Å². The highest BCUT2D eigenvalue weighted by molar-refractivity contribution is 6.13. The van der Waals surface area contributed by atoms with Gasteiger partial charge in [0, 0.05) is 21.5 Å². The number of fused-ring (bicyclic) bond motifs is 6. The molecule has 0 spiro atoms. The molecule has 0 radical (unpaired) electrons. The SMILES string of the molecule is COC(=O)c1ccc2c(oc3ccccc32)c1N.Nc1c(C(=O)O)ccc2c1oc1ccccc12. The van der Waals surface area contributed by atoms with Gasteiger partial charge in [-0.2, -0.15) is 0 Å². The number of nitrogens with two attached hydrogens (primary N) is 2. The van der Waals surface area contributed by atoms with Crippen LogP contribution in [0.25, 0.3) is 43.9 Å². The summed E-state index contributed by atoms with van der Waals surface area (Å²) in [6.45, 7) is 0. The lowest BCUT2D eigenvalue weighted by atomic mass is 10.1. The van der Waals surface area contributed by atoms with E-state index in [4.69, 9.17) is 25.4 Å². The van der Waals surface area contributed by atoms with Gasteiger partial charge in [-0.3, -0.25) is 0 Å². The van der Waals surface area contributed by atoms with Gasteiger partial charge in [-0.1, -0.05) is 36.4 Å². The summed E-state index contributed by atoms with van der Waals surface area (Å²) >= 11 is 0. The minimum atomic E-state index is -1.05. The number of carboxylic acids is 1. The molecule has 4 aromatic carbocycles. The minimum absolute atomic E-state index is 0.0663. The lowest BCUT2D eigenvalue weighted by molar-refractivity contribution is 0.0601. The summed E-state index contributed by atoms with van der Waals surface area (Å²) in [5, 5.41) is 12.6. The van der Waals surface area contributed by atoms with E-state index in [1.54, 1.807) is 12.1 Å². The van der Waals surface area contributed by atoms with Crippen LogP contribution >= 0.6 is 0 Å². The van der Waals surface area contributed by atoms with Crippen molar-refractivity contribution in [2.75, 3.05) is 18.6 Å². The number of esters is 1. The van der Waals surface area contributed by atoms with E-state index in [9.17, 15) is 9.59 Å². The van der Waals surface area contributed by atoms with Gasteiger partial charge in [-0.25, -0.2) is 9.59 Å². The van der Waals surface area contributed by atoms with Crippen LogP contribution in [-0.4, -0.2) is 24.2 Å². The number of carbonyl (C=O) groups is 2. The van der Waals surface area contributed by atoms with E-state index in [2.05, 4.69) is 4.74 Å². The summed E-state index contributed by atoms with van der Waals surface area (Å²) in [7, 11) is 1.32. The summed E-state index contributed by atoms with van der Waals surface area (Å²) in [5.74, 6) is -1.51. The maximum atomic E-state index is 11.5. The monoisotopic (exact) mass is 468 g/mol. The fourth-order valence-electron chi connectivity index (χ4n) is 4.09. The number of anilines is 2. The highest BCUT2D eigenvalue weighted by Gasteiger charge is 2.17. The topological polar surface area (TPSA) is 142 Å². The Balaban J connectivity index is 0.000000145. The predicted molar refractivity (Wildman–Crippen MR) is 135 cm³/mol. The Hall–Kier alpha value is -4.98. The lowest BCUT2D eigenvalue weighted by Gasteiger charge is -2.03. The maximum Gasteiger partial charge on any atom is 0.340 e. The standard InChI is InChI=1S/C14H11NO3.C13H9NO3/c1-17-14(16)10-7-6-9-8-4-2-3-5-11(8)18-13(9)12(10)15;14-11-9(13(15)16)6-5-8-7-3-1-2-4-10(7)17-12(8)11/h2-7H,15H2,1H3;1-6H,14H2,(H,15,16). The molecule has 0 aliphatic heterocycles. The van der Waals surface area contributed by atoms with E-state index < -0.39 is 11.9 Å². The van der Waals surface area contributed by atoms with Crippen molar-refractivity contribution in [2.45, 2.75) is 0 Å². The van der Waals surface area contributed by atoms with Crippen molar-refractivity contribution in [3.05, 3.63) is 83.9 Å². The van der Waals surface area contributed by atoms with E-state index in [1.165, 1.54) is 13.2 Å². The zero-order chi connectivity index (χ0) is 24.7. The molecule has 2 heterocycles. The highest BCUT2D eigenvalue weighted by Crippen LogP contribution is 2.35. The van der Waals surface area contributed by atoms with Crippen LogP contribution < -0.4 is 11.5 Å². The molecule has 2 aromatic heterocycles. The lowest BCUT2D eigenvalue weighted by Crippen LogP contribution is -2.05. The van der Waals surface area contributed by atoms with E-state index in [0.29, 0.717) is 28.0 Å². The number of carboxylic acid groups (broad SMARTS) is 1. The first-order valence-corrected chi connectivity index (χ1v) is 10.6. The average Bonchev–Trinajstić information content (AvgIpc) is 3.44. The van der Waals surface area contributed by atoms with Gasteiger partial charge in [0.2, 0.25) is 0 Å². The molecule has 0 aliphatic rings. The molecule has 0 saturated heterocycles. The Morgan fingerprint density at radius 1 is 0.686 bits per heavy atom. The second-order valence-corrected chi connectivity index (χ2v) is 7.80. The Kier molecular flexibility index (Phi) is 5.25. The Morgan fingerprint density at radius 2 is 1.14 bits per heavy atom. The summed E-state index contributed by atoms with van der Waals surface area (Å²) < 4.78 is 16.0. The molecule has 6 aromatic rings. The number of hydrogen-bond donors (Lipinski definition) is 3. The molecule has 8 heteroatoms. The fourth-order valence-corrected chi connectivity index (χ4v) is 4.09. The Labute approximate surface area is 198 Å². The molecule has 0 unspecified atom stereocenters. The van der Waals surface area contributed by atoms with Gasteiger partial charge in [-0.15, -0.1) is 0 Å². The third-order valence-electron chi connectivity index (χ3n) is 5.81. The van der Waals surface area contributed by atoms with Crippen LogP contribution in [-0.2, 0) is 4.74 Å². The number of aromatic carboxylic acids is 1. The summed E-state index contributed by atoms with van der Waals surface area (Å²) in [4.78, 5) is 22.5. The number of para-hydroxylation sites is 2. The van der Waals surface area contributed by atoms with Crippen molar-refractivity contribution in [2.24, 2.45) is 0 Å². The van der Waals surface area contributed by atoms with Crippen LogP contribution in [0.3, 0.4) is 0 Å².